The van der Waals surface area contributed by atoms with Crippen LogP contribution in [-0.2, 0) is 6.18 Å². The van der Waals surface area contributed by atoms with Crippen LogP contribution in [0.15, 0.2) is 42.7 Å². The Morgan fingerprint density at radius 1 is 1.10 bits per heavy atom. The lowest BCUT2D eigenvalue weighted by Crippen LogP contribution is -2.40. The lowest BCUT2D eigenvalue weighted by atomic mass is 9.91. The standard InChI is InChI=1S/C21H22F3N5O/c1-13-5-6-14(11-25-13)20(30)27-16-9-7-15(8-10-16)26-18-3-2-4-19-28-17(12-29(18)19)21(22,23)24/h2-6,11-12,15-16,26H,7-10H2,1H3,(H,27,30). The van der Waals surface area contributed by atoms with E-state index in [1.807, 2.05) is 6.92 Å². The maximum absolute atomic E-state index is 13.0. The van der Waals surface area contributed by atoms with Crippen LogP contribution in [0, 0.1) is 6.92 Å². The highest BCUT2D eigenvalue weighted by molar-refractivity contribution is 5.94. The smallest absolute Gasteiger partial charge is 0.368 e. The van der Waals surface area contributed by atoms with Crippen molar-refractivity contribution in [2.24, 2.45) is 0 Å². The van der Waals surface area contributed by atoms with E-state index in [9.17, 15) is 18.0 Å². The monoisotopic (exact) mass is 417 g/mol. The molecule has 4 rings (SSSR count). The van der Waals surface area contributed by atoms with Crippen LogP contribution in [0.4, 0.5) is 19.0 Å². The predicted octanol–water partition coefficient (Wildman–Crippen LogP) is 4.21. The van der Waals surface area contributed by atoms with Crippen molar-refractivity contribution >= 4 is 17.4 Å². The van der Waals surface area contributed by atoms with Gasteiger partial charge in [-0.3, -0.25) is 14.2 Å². The van der Waals surface area contributed by atoms with E-state index in [-0.39, 0.29) is 23.6 Å². The topological polar surface area (TPSA) is 71.3 Å². The molecule has 30 heavy (non-hydrogen) atoms. The third kappa shape index (κ3) is 4.39. The van der Waals surface area contributed by atoms with Gasteiger partial charge in [0.1, 0.15) is 11.5 Å². The van der Waals surface area contributed by atoms with Gasteiger partial charge in [-0.05, 0) is 56.9 Å². The first-order chi connectivity index (χ1) is 14.3. The number of pyridine rings is 2. The minimum atomic E-state index is -4.48. The molecule has 9 heteroatoms. The molecule has 1 aliphatic rings. The van der Waals surface area contributed by atoms with E-state index >= 15 is 0 Å². The summed E-state index contributed by atoms with van der Waals surface area (Å²) in [7, 11) is 0. The molecule has 3 aromatic rings. The second-order valence-electron chi connectivity index (χ2n) is 7.62. The molecule has 0 saturated heterocycles. The molecule has 0 aromatic carbocycles. The molecule has 0 bridgehead atoms. The first-order valence-corrected chi connectivity index (χ1v) is 9.85. The molecule has 0 radical (unpaired) electrons. The molecule has 158 valence electrons. The fourth-order valence-corrected chi connectivity index (χ4v) is 3.73. The zero-order valence-corrected chi connectivity index (χ0v) is 16.4. The molecular formula is C21H22F3N5O. The number of carbonyl (C=O) groups is 1. The lowest BCUT2D eigenvalue weighted by Gasteiger charge is -2.30. The van der Waals surface area contributed by atoms with Crippen LogP contribution in [0.2, 0.25) is 0 Å². The van der Waals surface area contributed by atoms with E-state index in [0.29, 0.717) is 11.4 Å². The second-order valence-corrected chi connectivity index (χ2v) is 7.62. The van der Waals surface area contributed by atoms with Crippen LogP contribution < -0.4 is 10.6 Å². The fraction of sp³-hybridized carbons (Fsp3) is 0.381. The van der Waals surface area contributed by atoms with Gasteiger partial charge in [-0.2, -0.15) is 13.2 Å². The Kier molecular flexibility index (Phi) is 5.36. The van der Waals surface area contributed by atoms with Gasteiger partial charge in [-0.15, -0.1) is 0 Å². The van der Waals surface area contributed by atoms with Crippen molar-refractivity contribution in [1.82, 2.24) is 19.7 Å². The van der Waals surface area contributed by atoms with Crippen molar-refractivity contribution in [2.45, 2.75) is 50.9 Å². The van der Waals surface area contributed by atoms with Crippen LogP contribution in [0.25, 0.3) is 5.65 Å². The third-order valence-corrected chi connectivity index (χ3v) is 5.37. The largest absolute Gasteiger partial charge is 0.434 e. The van der Waals surface area contributed by atoms with E-state index in [4.69, 9.17) is 0 Å². The Hall–Kier alpha value is -3.10. The molecule has 1 aliphatic carbocycles. The SMILES string of the molecule is Cc1ccc(C(=O)NC2CCC(Nc3cccc4nc(C(F)(F)F)cn34)CC2)cn1. The molecule has 2 N–H and O–H groups in total. The fourth-order valence-electron chi connectivity index (χ4n) is 3.73. The summed E-state index contributed by atoms with van der Waals surface area (Å²) in [5.74, 6) is 0.440. The highest BCUT2D eigenvalue weighted by atomic mass is 19.4. The molecule has 1 saturated carbocycles. The predicted molar refractivity (Wildman–Crippen MR) is 106 cm³/mol. The zero-order chi connectivity index (χ0) is 21.3. The normalized spacial score (nSPS) is 19.6. The molecule has 3 heterocycles. The maximum Gasteiger partial charge on any atom is 0.434 e. The second kappa shape index (κ2) is 7.97. The average Bonchev–Trinajstić information content (AvgIpc) is 3.16. The van der Waals surface area contributed by atoms with E-state index in [2.05, 4.69) is 20.6 Å². The maximum atomic E-state index is 13.0. The highest BCUT2D eigenvalue weighted by Gasteiger charge is 2.34. The number of alkyl halides is 3. The van der Waals surface area contributed by atoms with Crippen LogP contribution in [0.1, 0.15) is 47.4 Å². The van der Waals surface area contributed by atoms with Crippen LogP contribution >= 0.6 is 0 Å². The minimum absolute atomic E-state index is 0.0673. The summed E-state index contributed by atoms with van der Waals surface area (Å²) in [6, 6.07) is 8.72. The first-order valence-electron chi connectivity index (χ1n) is 9.85. The van der Waals surface area contributed by atoms with Crippen LogP contribution in [-0.4, -0.2) is 32.4 Å². The first kappa shape index (κ1) is 20.2. The summed E-state index contributed by atoms with van der Waals surface area (Å²) in [4.78, 5) is 20.2. The number of hydrogen-bond acceptors (Lipinski definition) is 4. The lowest BCUT2D eigenvalue weighted by molar-refractivity contribution is -0.140. The van der Waals surface area contributed by atoms with Crippen molar-refractivity contribution < 1.29 is 18.0 Å². The summed E-state index contributed by atoms with van der Waals surface area (Å²) in [6.45, 7) is 1.87. The quantitative estimate of drug-likeness (QED) is 0.667. The summed E-state index contributed by atoms with van der Waals surface area (Å²) in [5.41, 5.74) is 0.732. The summed E-state index contributed by atoms with van der Waals surface area (Å²) in [5, 5.41) is 6.38. The van der Waals surface area contributed by atoms with Gasteiger partial charge in [0.25, 0.3) is 5.91 Å². The number of fused-ring (bicyclic) bond motifs is 1. The molecule has 0 aliphatic heterocycles. The van der Waals surface area contributed by atoms with Gasteiger partial charge in [-0.25, -0.2) is 4.98 Å². The van der Waals surface area contributed by atoms with E-state index < -0.39 is 11.9 Å². The number of aryl methyl sites for hydroxylation is 1. The minimum Gasteiger partial charge on any atom is -0.368 e. The Morgan fingerprint density at radius 2 is 1.83 bits per heavy atom. The van der Waals surface area contributed by atoms with E-state index in [1.165, 1.54) is 4.40 Å². The third-order valence-electron chi connectivity index (χ3n) is 5.37. The Balaban J connectivity index is 1.36. The summed E-state index contributed by atoms with van der Waals surface area (Å²) < 4.78 is 40.3. The molecule has 3 aromatic heterocycles. The van der Waals surface area contributed by atoms with Gasteiger partial charge in [0.15, 0.2) is 5.69 Å². The number of hydrogen-bond donors (Lipinski definition) is 2. The van der Waals surface area contributed by atoms with Crippen molar-refractivity contribution in [2.75, 3.05) is 5.32 Å². The Morgan fingerprint density at radius 3 is 2.50 bits per heavy atom. The number of halogens is 3. The zero-order valence-electron chi connectivity index (χ0n) is 16.4. The van der Waals surface area contributed by atoms with Gasteiger partial charge >= 0.3 is 6.18 Å². The van der Waals surface area contributed by atoms with Gasteiger partial charge in [-0.1, -0.05) is 6.07 Å². The number of imidazole rings is 1. The summed E-state index contributed by atoms with van der Waals surface area (Å²) >= 11 is 0. The number of carbonyl (C=O) groups excluding carboxylic acids is 1. The van der Waals surface area contributed by atoms with Gasteiger partial charge in [0.2, 0.25) is 0 Å². The van der Waals surface area contributed by atoms with Gasteiger partial charge < -0.3 is 10.6 Å². The number of aromatic nitrogens is 3. The molecular weight excluding hydrogens is 395 g/mol. The van der Waals surface area contributed by atoms with Crippen molar-refractivity contribution in [3.05, 3.63) is 59.7 Å². The molecule has 1 amide bonds. The Labute approximate surface area is 171 Å². The van der Waals surface area contributed by atoms with E-state index in [0.717, 1.165) is 37.6 Å². The van der Waals surface area contributed by atoms with E-state index in [1.54, 1.807) is 36.5 Å². The van der Waals surface area contributed by atoms with Gasteiger partial charge in [0.05, 0.1) is 5.56 Å². The van der Waals surface area contributed by atoms with Gasteiger partial charge in [0, 0.05) is 30.2 Å². The van der Waals surface area contributed by atoms with Crippen molar-refractivity contribution in [3.63, 3.8) is 0 Å². The average molecular weight is 417 g/mol. The van der Waals surface area contributed by atoms with Crippen LogP contribution in [0.3, 0.4) is 0 Å². The number of rotatable bonds is 4. The number of amides is 1. The number of nitrogens with one attached hydrogen (secondary N) is 2. The van der Waals surface area contributed by atoms with Crippen LogP contribution in [0.5, 0.6) is 0 Å². The number of anilines is 1. The van der Waals surface area contributed by atoms with Crippen molar-refractivity contribution in [1.29, 1.82) is 0 Å². The summed E-state index contributed by atoms with van der Waals surface area (Å²) in [6.07, 6.45) is 1.28. The highest BCUT2D eigenvalue weighted by Crippen LogP contribution is 2.30. The van der Waals surface area contributed by atoms with Crippen molar-refractivity contribution in [3.8, 4) is 0 Å². The Bertz CT molecular complexity index is 1040. The molecule has 6 nitrogen and oxygen atoms in total. The molecule has 0 atom stereocenters. The molecule has 1 fully saturated rings. The molecule has 0 unspecified atom stereocenters. The number of nitrogens with zero attached hydrogens (tertiary/aromatic N) is 3. The molecule has 0 spiro atoms.